The van der Waals surface area contributed by atoms with Crippen LogP contribution in [0.1, 0.15) is 21.5 Å². The van der Waals surface area contributed by atoms with Crippen molar-refractivity contribution in [2.75, 3.05) is 5.32 Å². The molecule has 24 heavy (non-hydrogen) atoms. The first-order chi connectivity index (χ1) is 11.6. The minimum absolute atomic E-state index is 0.0323. The summed E-state index contributed by atoms with van der Waals surface area (Å²) in [6.45, 7) is 0. The fourth-order valence-electron chi connectivity index (χ4n) is 2.55. The molecule has 3 rings (SSSR count). The average molecular weight is 321 g/mol. The lowest BCUT2D eigenvalue weighted by atomic mass is 10.0. The first-order valence-corrected chi connectivity index (χ1v) is 7.54. The normalized spacial score (nSPS) is 10.4. The Morgan fingerprint density at radius 1 is 0.917 bits per heavy atom. The Kier molecular flexibility index (Phi) is 4.57. The second-order valence-electron chi connectivity index (χ2n) is 5.48. The number of nitrogens with one attached hydrogen (secondary N) is 1. The molecule has 0 radical (unpaired) electrons. The molecule has 3 aromatic rings. The summed E-state index contributed by atoms with van der Waals surface area (Å²) in [6, 6.07) is 21.3. The second kappa shape index (κ2) is 6.96. The Bertz CT molecular complexity index is 863. The predicted octanol–water partition coefficient (Wildman–Crippen LogP) is 4.86. The zero-order valence-electron chi connectivity index (χ0n) is 12.9. The molecule has 120 valence electrons. The van der Waals surface area contributed by atoms with Gasteiger partial charge in [-0.3, -0.25) is 0 Å². The fourth-order valence-corrected chi connectivity index (χ4v) is 2.55. The first kappa shape index (κ1) is 15.7. The topological polar surface area (TPSA) is 49.3 Å². The summed E-state index contributed by atoms with van der Waals surface area (Å²) in [7, 11) is 0. The Balaban J connectivity index is 1.85. The van der Waals surface area contributed by atoms with E-state index in [9.17, 15) is 14.3 Å². The van der Waals surface area contributed by atoms with Crippen molar-refractivity contribution < 1.29 is 14.3 Å². The van der Waals surface area contributed by atoms with E-state index in [1.807, 2.05) is 42.5 Å². The molecule has 3 nitrogen and oxygen atoms in total. The van der Waals surface area contributed by atoms with Crippen LogP contribution in [-0.4, -0.2) is 11.1 Å². The van der Waals surface area contributed by atoms with E-state index in [4.69, 9.17) is 0 Å². The molecule has 0 amide bonds. The van der Waals surface area contributed by atoms with E-state index in [1.54, 1.807) is 0 Å². The van der Waals surface area contributed by atoms with Crippen LogP contribution in [0.2, 0.25) is 0 Å². The number of benzene rings is 3. The van der Waals surface area contributed by atoms with Crippen molar-refractivity contribution in [1.29, 1.82) is 0 Å². The quantitative estimate of drug-likeness (QED) is 0.705. The molecule has 4 heteroatoms. The molecule has 0 saturated carbocycles. The minimum Gasteiger partial charge on any atom is -0.478 e. The van der Waals surface area contributed by atoms with Gasteiger partial charge in [-0.1, -0.05) is 42.5 Å². The van der Waals surface area contributed by atoms with Gasteiger partial charge in [0.05, 0.1) is 11.3 Å². The third-order valence-electron chi connectivity index (χ3n) is 3.67. The summed E-state index contributed by atoms with van der Waals surface area (Å²) >= 11 is 0. The molecule has 0 heterocycles. The summed E-state index contributed by atoms with van der Waals surface area (Å²) in [5.41, 5.74) is 3.26. The summed E-state index contributed by atoms with van der Waals surface area (Å²) < 4.78 is 13.4. The largest absolute Gasteiger partial charge is 0.478 e. The number of aromatic carboxylic acids is 1. The van der Waals surface area contributed by atoms with Crippen molar-refractivity contribution in [3.05, 3.63) is 95.3 Å². The van der Waals surface area contributed by atoms with Gasteiger partial charge in [0.1, 0.15) is 5.82 Å². The van der Waals surface area contributed by atoms with Gasteiger partial charge >= 0.3 is 5.97 Å². The van der Waals surface area contributed by atoms with E-state index in [2.05, 4.69) is 17.4 Å². The highest BCUT2D eigenvalue weighted by molar-refractivity contribution is 5.95. The van der Waals surface area contributed by atoms with Gasteiger partial charge in [0.25, 0.3) is 0 Å². The Hall–Kier alpha value is -3.14. The molecule has 0 aliphatic carbocycles. The van der Waals surface area contributed by atoms with Crippen molar-refractivity contribution in [2.24, 2.45) is 0 Å². The SMILES string of the molecule is O=C(O)c1ccc(F)cc1Nc1cccc(Cc2ccccc2)c1. The maximum absolute atomic E-state index is 13.4. The molecule has 0 saturated heterocycles. The third kappa shape index (κ3) is 3.79. The van der Waals surface area contributed by atoms with Crippen LogP contribution in [-0.2, 0) is 6.42 Å². The molecular formula is C20H16FNO2. The first-order valence-electron chi connectivity index (χ1n) is 7.54. The molecule has 0 aromatic heterocycles. The molecular weight excluding hydrogens is 305 g/mol. The predicted molar refractivity (Wildman–Crippen MR) is 92.3 cm³/mol. The van der Waals surface area contributed by atoms with Crippen LogP contribution < -0.4 is 5.32 Å². The van der Waals surface area contributed by atoms with E-state index in [0.717, 1.165) is 23.7 Å². The Morgan fingerprint density at radius 3 is 2.42 bits per heavy atom. The van der Waals surface area contributed by atoms with E-state index in [-0.39, 0.29) is 11.3 Å². The smallest absolute Gasteiger partial charge is 0.337 e. The van der Waals surface area contributed by atoms with E-state index in [0.29, 0.717) is 0 Å². The zero-order valence-corrected chi connectivity index (χ0v) is 12.9. The highest BCUT2D eigenvalue weighted by Crippen LogP contribution is 2.23. The summed E-state index contributed by atoms with van der Waals surface area (Å²) in [5.74, 6) is -1.58. The van der Waals surface area contributed by atoms with Crippen LogP contribution in [0.5, 0.6) is 0 Å². The number of anilines is 2. The summed E-state index contributed by atoms with van der Waals surface area (Å²) in [5, 5.41) is 12.2. The molecule has 0 bridgehead atoms. The average Bonchev–Trinajstić information content (AvgIpc) is 2.56. The lowest BCUT2D eigenvalue weighted by molar-refractivity contribution is 0.0698. The van der Waals surface area contributed by atoms with E-state index in [1.165, 1.54) is 17.7 Å². The van der Waals surface area contributed by atoms with Gasteiger partial charge in [-0.05, 0) is 47.9 Å². The van der Waals surface area contributed by atoms with Crippen LogP contribution in [0.3, 0.4) is 0 Å². The highest BCUT2D eigenvalue weighted by atomic mass is 19.1. The zero-order chi connectivity index (χ0) is 16.9. The van der Waals surface area contributed by atoms with Crippen LogP contribution >= 0.6 is 0 Å². The summed E-state index contributed by atoms with van der Waals surface area (Å²) in [4.78, 5) is 11.3. The van der Waals surface area contributed by atoms with Crippen LogP contribution in [0.4, 0.5) is 15.8 Å². The van der Waals surface area contributed by atoms with Gasteiger partial charge < -0.3 is 10.4 Å². The number of hydrogen-bond acceptors (Lipinski definition) is 2. The maximum Gasteiger partial charge on any atom is 0.337 e. The van der Waals surface area contributed by atoms with Gasteiger partial charge in [-0.2, -0.15) is 0 Å². The minimum atomic E-state index is -1.10. The second-order valence-corrected chi connectivity index (χ2v) is 5.48. The van der Waals surface area contributed by atoms with Crippen LogP contribution in [0.15, 0.2) is 72.8 Å². The summed E-state index contributed by atoms with van der Waals surface area (Å²) in [6.07, 6.45) is 0.769. The van der Waals surface area contributed by atoms with Gasteiger partial charge in [-0.15, -0.1) is 0 Å². The van der Waals surface area contributed by atoms with Gasteiger partial charge in [0.2, 0.25) is 0 Å². The molecule has 0 aliphatic heterocycles. The lowest BCUT2D eigenvalue weighted by Crippen LogP contribution is -2.03. The van der Waals surface area contributed by atoms with Crippen LogP contribution in [0, 0.1) is 5.82 Å². The van der Waals surface area contributed by atoms with Crippen molar-refractivity contribution in [2.45, 2.75) is 6.42 Å². The van der Waals surface area contributed by atoms with E-state index < -0.39 is 11.8 Å². The molecule has 3 aromatic carbocycles. The fraction of sp³-hybridized carbons (Fsp3) is 0.0500. The molecule has 2 N–H and O–H groups in total. The van der Waals surface area contributed by atoms with Gasteiger partial charge in [0.15, 0.2) is 0 Å². The molecule has 0 atom stereocenters. The molecule has 0 aliphatic rings. The number of carbonyl (C=O) groups is 1. The van der Waals surface area contributed by atoms with E-state index >= 15 is 0 Å². The standard InChI is InChI=1S/C20H16FNO2/c21-16-9-10-18(20(23)24)19(13-16)22-17-8-4-7-15(12-17)11-14-5-2-1-3-6-14/h1-10,12-13,22H,11H2,(H,23,24). The number of halogens is 1. The number of carboxylic acids is 1. The van der Waals surface area contributed by atoms with Crippen molar-refractivity contribution >= 4 is 17.3 Å². The molecule has 0 spiro atoms. The Labute approximate surface area is 139 Å². The third-order valence-corrected chi connectivity index (χ3v) is 3.67. The van der Waals surface area contributed by atoms with Crippen LogP contribution in [0.25, 0.3) is 0 Å². The number of hydrogen-bond donors (Lipinski definition) is 2. The van der Waals surface area contributed by atoms with Crippen molar-refractivity contribution in [3.8, 4) is 0 Å². The highest BCUT2D eigenvalue weighted by Gasteiger charge is 2.11. The van der Waals surface area contributed by atoms with Gasteiger partial charge in [0, 0.05) is 5.69 Å². The molecule has 0 fully saturated rings. The maximum atomic E-state index is 13.4. The number of carboxylic acid groups (broad SMARTS) is 1. The Morgan fingerprint density at radius 2 is 1.67 bits per heavy atom. The van der Waals surface area contributed by atoms with Crippen molar-refractivity contribution in [1.82, 2.24) is 0 Å². The monoisotopic (exact) mass is 321 g/mol. The van der Waals surface area contributed by atoms with Crippen molar-refractivity contribution in [3.63, 3.8) is 0 Å². The number of rotatable bonds is 5. The lowest BCUT2D eigenvalue weighted by Gasteiger charge is -2.11. The molecule has 0 unspecified atom stereocenters. The van der Waals surface area contributed by atoms with Gasteiger partial charge in [-0.25, -0.2) is 9.18 Å².